The molecule has 1 heterocycles. The molecule has 1 N–H and O–H groups in total. The smallest absolute Gasteiger partial charge is 0.0692 e. The van der Waals surface area contributed by atoms with Gasteiger partial charge >= 0.3 is 0 Å². The Morgan fingerprint density at radius 2 is 2.12 bits per heavy atom. The Hall–Kier alpha value is -0.900. The van der Waals surface area contributed by atoms with Crippen LogP contribution in [0.25, 0.3) is 0 Å². The topological polar surface area (TPSA) is 42.7 Å². The van der Waals surface area contributed by atoms with Crippen molar-refractivity contribution in [1.29, 1.82) is 0 Å². The fourth-order valence-electron chi connectivity index (χ4n) is 2.56. The maximum atomic E-state index is 3.95. The van der Waals surface area contributed by atoms with Crippen molar-refractivity contribution in [3.63, 3.8) is 0 Å². The van der Waals surface area contributed by atoms with Crippen LogP contribution in [0, 0.1) is 11.8 Å². The molecule has 0 amide bonds. The molecular weight excluding hydrogens is 212 g/mol. The van der Waals surface area contributed by atoms with Crippen LogP contribution in [0.15, 0.2) is 12.4 Å². The second kappa shape index (κ2) is 6.74. The molecule has 4 heteroatoms. The summed E-state index contributed by atoms with van der Waals surface area (Å²) >= 11 is 0. The molecule has 0 aromatic carbocycles. The number of aromatic nitrogens is 3. The lowest BCUT2D eigenvalue weighted by Gasteiger charge is -2.26. The van der Waals surface area contributed by atoms with E-state index in [1.807, 2.05) is 10.9 Å². The zero-order chi connectivity index (χ0) is 11.9. The molecule has 0 radical (unpaired) electrons. The van der Waals surface area contributed by atoms with Crippen LogP contribution in [0.4, 0.5) is 0 Å². The van der Waals surface area contributed by atoms with Gasteiger partial charge in [-0.15, -0.1) is 5.10 Å². The Kier molecular flexibility index (Phi) is 4.98. The molecule has 4 nitrogen and oxygen atoms in total. The van der Waals surface area contributed by atoms with E-state index in [-0.39, 0.29) is 0 Å². The van der Waals surface area contributed by atoms with Crippen LogP contribution < -0.4 is 5.32 Å². The van der Waals surface area contributed by atoms with Gasteiger partial charge in [0.15, 0.2) is 0 Å². The van der Waals surface area contributed by atoms with Crippen LogP contribution >= 0.6 is 0 Å². The van der Waals surface area contributed by atoms with Gasteiger partial charge in [-0.2, -0.15) is 0 Å². The molecule has 0 bridgehead atoms. The normalized spacial score (nSPS) is 25.0. The molecule has 0 unspecified atom stereocenters. The van der Waals surface area contributed by atoms with Gasteiger partial charge in [0.2, 0.25) is 0 Å². The molecule has 1 fully saturated rings. The Labute approximate surface area is 104 Å². The first-order valence-corrected chi connectivity index (χ1v) is 6.89. The third kappa shape index (κ3) is 4.46. The molecule has 0 atom stereocenters. The summed E-state index contributed by atoms with van der Waals surface area (Å²) in [6.07, 6.45) is 10.5. The lowest BCUT2D eigenvalue weighted by molar-refractivity contribution is 0.281. The van der Waals surface area contributed by atoms with Crippen LogP contribution in [-0.4, -0.2) is 28.1 Å². The zero-order valence-corrected chi connectivity index (χ0v) is 10.8. The number of hydrogen-bond acceptors (Lipinski definition) is 3. The predicted molar refractivity (Wildman–Crippen MR) is 68.6 cm³/mol. The van der Waals surface area contributed by atoms with Crippen LogP contribution in [0.1, 0.15) is 39.0 Å². The Morgan fingerprint density at radius 1 is 1.29 bits per heavy atom. The minimum absolute atomic E-state index is 0.914. The van der Waals surface area contributed by atoms with Crippen molar-refractivity contribution in [2.45, 2.75) is 45.6 Å². The monoisotopic (exact) mass is 236 g/mol. The van der Waals surface area contributed by atoms with Gasteiger partial charge in [-0.25, -0.2) is 0 Å². The molecule has 1 aliphatic carbocycles. The fraction of sp³-hybridized carbons (Fsp3) is 0.846. The number of rotatable bonds is 6. The van der Waals surface area contributed by atoms with E-state index in [9.17, 15) is 0 Å². The SMILES string of the molecule is CC1CCC(CNCCCn2ccnn2)CC1. The summed E-state index contributed by atoms with van der Waals surface area (Å²) < 4.78 is 1.89. The summed E-state index contributed by atoms with van der Waals surface area (Å²) in [7, 11) is 0. The number of nitrogens with one attached hydrogen (secondary N) is 1. The van der Waals surface area contributed by atoms with Crippen LogP contribution in [0.2, 0.25) is 0 Å². The molecule has 1 aliphatic rings. The summed E-state index contributed by atoms with van der Waals surface area (Å²) in [5, 5.41) is 11.3. The minimum atomic E-state index is 0.914. The van der Waals surface area contributed by atoms with E-state index < -0.39 is 0 Å². The van der Waals surface area contributed by atoms with Crippen LogP contribution in [-0.2, 0) is 6.54 Å². The molecule has 0 saturated heterocycles. The van der Waals surface area contributed by atoms with E-state index in [0.29, 0.717) is 0 Å². The Balaban J connectivity index is 1.49. The van der Waals surface area contributed by atoms with E-state index in [0.717, 1.165) is 31.3 Å². The van der Waals surface area contributed by atoms with Crippen molar-refractivity contribution in [2.75, 3.05) is 13.1 Å². The maximum Gasteiger partial charge on any atom is 0.0692 e. The highest BCUT2D eigenvalue weighted by Gasteiger charge is 2.17. The summed E-state index contributed by atoms with van der Waals surface area (Å²) in [5.41, 5.74) is 0. The van der Waals surface area contributed by atoms with Gasteiger partial charge in [0.25, 0.3) is 0 Å². The number of aryl methyl sites for hydroxylation is 1. The lowest BCUT2D eigenvalue weighted by Crippen LogP contribution is -2.27. The third-order valence-corrected chi connectivity index (χ3v) is 3.78. The maximum absolute atomic E-state index is 3.95. The molecular formula is C13H24N4. The standard InChI is InChI=1S/C13H24N4/c1-12-3-5-13(6-4-12)11-14-7-2-9-17-10-8-15-16-17/h8,10,12-14H,2-7,9,11H2,1H3. The fourth-order valence-corrected chi connectivity index (χ4v) is 2.56. The van der Waals surface area contributed by atoms with Gasteiger partial charge < -0.3 is 5.32 Å². The van der Waals surface area contributed by atoms with Crippen molar-refractivity contribution >= 4 is 0 Å². The van der Waals surface area contributed by atoms with E-state index >= 15 is 0 Å². The molecule has 1 aromatic rings. The lowest BCUT2D eigenvalue weighted by atomic mass is 9.83. The second-order valence-corrected chi connectivity index (χ2v) is 5.35. The quantitative estimate of drug-likeness (QED) is 0.769. The summed E-state index contributed by atoms with van der Waals surface area (Å²) in [6.45, 7) is 5.63. The Bertz CT molecular complexity index is 288. The van der Waals surface area contributed by atoms with E-state index in [2.05, 4.69) is 22.6 Å². The highest BCUT2D eigenvalue weighted by atomic mass is 15.4. The summed E-state index contributed by atoms with van der Waals surface area (Å²) in [6, 6.07) is 0. The van der Waals surface area contributed by atoms with Gasteiger partial charge in [-0.05, 0) is 44.2 Å². The van der Waals surface area contributed by atoms with Crippen molar-refractivity contribution in [2.24, 2.45) is 11.8 Å². The molecule has 2 rings (SSSR count). The van der Waals surface area contributed by atoms with Gasteiger partial charge in [0, 0.05) is 12.7 Å². The van der Waals surface area contributed by atoms with Gasteiger partial charge in [-0.3, -0.25) is 4.68 Å². The first-order valence-electron chi connectivity index (χ1n) is 6.89. The largest absolute Gasteiger partial charge is 0.316 e. The highest BCUT2D eigenvalue weighted by Crippen LogP contribution is 2.27. The first-order chi connectivity index (χ1) is 8.34. The van der Waals surface area contributed by atoms with E-state index in [1.165, 1.54) is 32.2 Å². The molecule has 1 saturated carbocycles. The minimum Gasteiger partial charge on any atom is -0.316 e. The third-order valence-electron chi connectivity index (χ3n) is 3.78. The van der Waals surface area contributed by atoms with Crippen molar-refractivity contribution in [3.8, 4) is 0 Å². The van der Waals surface area contributed by atoms with Crippen LogP contribution in [0.5, 0.6) is 0 Å². The van der Waals surface area contributed by atoms with Gasteiger partial charge in [-0.1, -0.05) is 25.0 Å². The predicted octanol–water partition coefficient (Wildman–Crippen LogP) is 2.08. The number of hydrogen-bond donors (Lipinski definition) is 1. The summed E-state index contributed by atoms with van der Waals surface area (Å²) in [4.78, 5) is 0. The van der Waals surface area contributed by atoms with Gasteiger partial charge in [0.05, 0.1) is 6.20 Å². The molecule has 1 aromatic heterocycles. The summed E-state index contributed by atoms with van der Waals surface area (Å²) in [5.74, 6) is 1.87. The van der Waals surface area contributed by atoms with Gasteiger partial charge in [0.1, 0.15) is 0 Å². The number of nitrogens with zero attached hydrogens (tertiary/aromatic N) is 3. The van der Waals surface area contributed by atoms with Crippen LogP contribution in [0.3, 0.4) is 0 Å². The molecule has 17 heavy (non-hydrogen) atoms. The average Bonchev–Trinajstić information content (AvgIpc) is 2.84. The second-order valence-electron chi connectivity index (χ2n) is 5.35. The average molecular weight is 236 g/mol. The highest BCUT2D eigenvalue weighted by molar-refractivity contribution is 4.71. The van der Waals surface area contributed by atoms with E-state index in [1.54, 1.807) is 6.20 Å². The van der Waals surface area contributed by atoms with E-state index in [4.69, 9.17) is 0 Å². The molecule has 0 spiro atoms. The zero-order valence-electron chi connectivity index (χ0n) is 10.8. The van der Waals surface area contributed by atoms with Crippen molar-refractivity contribution in [3.05, 3.63) is 12.4 Å². The molecule has 96 valence electrons. The Morgan fingerprint density at radius 3 is 2.82 bits per heavy atom. The van der Waals surface area contributed by atoms with Crippen molar-refractivity contribution < 1.29 is 0 Å². The first kappa shape index (κ1) is 12.6. The van der Waals surface area contributed by atoms with Crippen molar-refractivity contribution in [1.82, 2.24) is 20.3 Å². The molecule has 0 aliphatic heterocycles.